The van der Waals surface area contributed by atoms with E-state index >= 15 is 0 Å². The van der Waals surface area contributed by atoms with Crippen LogP contribution in [0.15, 0.2) is 18.2 Å². The first-order valence-electron chi connectivity index (χ1n) is 7.13. The van der Waals surface area contributed by atoms with Gasteiger partial charge in [0.1, 0.15) is 0 Å². The lowest BCUT2D eigenvalue weighted by molar-refractivity contribution is -0.115. The molecule has 2 N–H and O–H groups in total. The standard InChI is InChI=1S/C15H22ClN3O/c1-3-15(20)18-11-6-7-13(16)14(9-11)17-12-5-4-8-19(2)10-12/h6-7,9,12,17H,3-5,8,10H2,1-2H3,(H,18,20). The predicted molar refractivity (Wildman–Crippen MR) is 84.5 cm³/mol. The van der Waals surface area contributed by atoms with Crippen LogP contribution in [0.2, 0.25) is 5.02 Å². The van der Waals surface area contributed by atoms with Crippen LogP contribution in [-0.4, -0.2) is 37.0 Å². The number of hydrogen-bond donors (Lipinski definition) is 2. The molecule has 0 radical (unpaired) electrons. The molecule has 1 heterocycles. The SMILES string of the molecule is CCC(=O)Nc1ccc(Cl)c(NC2CCCN(C)C2)c1. The summed E-state index contributed by atoms with van der Waals surface area (Å²) in [4.78, 5) is 13.8. The van der Waals surface area contributed by atoms with Crippen molar-refractivity contribution in [2.45, 2.75) is 32.2 Å². The number of nitrogens with one attached hydrogen (secondary N) is 2. The third kappa shape index (κ3) is 4.12. The maximum Gasteiger partial charge on any atom is 0.224 e. The lowest BCUT2D eigenvalue weighted by Gasteiger charge is -2.31. The number of piperidine rings is 1. The molecule has 0 spiro atoms. The lowest BCUT2D eigenvalue weighted by Crippen LogP contribution is -2.39. The number of carbonyl (C=O) groups excluding carboxylic acids is 1. The molecule has 0 aromatic heterocycles. The van der Waals surface area contributed by atoms with E-state index in [0.717, 1.165) is 30.9 Å². The Balaban J connectivity index is 2.06. The van der Waals surface area contributed by atoms with Crippen LogP contribution in [-0.2, 0) is 4.79 Å². The Morgan fingerprint density at radius 1 is 1.50 bits per heavy atom. The van der Waals surface area contributed by atoms with E-state index in [0.29, 0.717) is 17.5 Å². The minimum atomic E-state index is 0.00988. The number of amides is 1. The van der Waals surface area contributed by atoms with Gasteiger partial charge in [-0.25, -0.2) is 0 Å². The molecule has 1 unspecified atom stereocenters. The van der Waals surface area contributed by atoms with E-state index in [4.69, 9.17) is 11.6 Å². The van der Waals surface area contributed by atoms with E-state index in [2.05, 4.69) is 22.6 Å². The number of likely N-dealkylation sites (N-methyl/N-ethyl adjacent to an activating group) is 1. The number of anilines is 2. The van der Waals surface area contributed by atoms with Gasteiger partial charge in [0.25, 0.3) is 0 Å². The fourth-order valence-electron chi connectivity index (χ4n) is 2.47. The van der Waals surface area contributed by atoms with Crippen LogP contribution in [0.25, 0.3) is 0 Å². The van der Waals surface area contributed by atoms with Crippen molar-refractivity contribution in [2.75, 3.05) is 30.8 Å². The van der Waals surface area contributed by atoms with Crippen LogP contribution in [0, 0.1) is 0 Å². The van der Waals surface area contributed by atoms with Crippen LogP contribution in [0.1, 0.15) is 26.2 Å². The van der Waals surface area contributed by atoms with Gasteiger partial charge in [0.2, 0.25) is 5.91 Å². The first kappa shape index (κ1) is 15.1. The summed E-state index contributed by atoms with van der Waals surface area (Å²) in [5.74, 6) is 0.00988. The molecule has 0 bridgehead atoms. The molecule has 1 aliphatic rings. The lowest BCUT2D eigenvalue weighted by atomic mass is 10.1. The van der Waals surface area contributed by atoms with Crippen LogP contribution < -0.4 is 10.6 Å². The van der Waals surface area contributed by atoms with Crippen molar-refractivity contribution in [1.82, 2.24) is 4.90 Å². The molecular formula is C15H22ClN3O. The molecule has 0 saturated carbocycles. The number of halogens is 1. The van der Waals surface area contributed by atoms with Gasteiger partial charge in [-0.15, -0.1) is 0 Å². The number of benzene rings is 1. The molecule has 1 aliphatic heterocycles. The van der Waals surface area contributed by atoms with Gasteiger partial charge in [-0.05, 0) is 44.6 Å². The van der Waals surface area contributed by atoms with E-state index in [1.165, 1.54) is 6.42 Å². The fraction of sp³-hybridized carbons (Fsp3) is 0.533. The largest absolute Gasteiger partial charge is 0.380 e. The third-order valence-corrected chi connectivity index (χ3v) is 3.88. The third-order valence-electron chi connectivity index (χ3n) is 3.56. The first-order chi connectivity index (χ1) is 9.58. The average molecular weight is 296 g/mol. The zero-order chi connectivity index (χ0) is 14.5. The minimum Gasteiger partial charge on any atom is -0.380 e. The Bertz CT molecular complexity index is 478. The molecule has 1 fully saturated rings. The van der Waals surface area contributed by atoms with E-state index in [9.17, 15) is 4.79 Å². The van der Waals surface area contributed by atoms with E-state index in [1.54, 1.807) is 0 Å². The molecule has 1 atom stereocenters. The second-order valence-electron chi connectivity index (χ2n) is 5.34. The highest BCUT2D eigenvalue weighted by atomic mass is 35.5. The zero-order valence-electron chi connectivity index (χ0n) is 12.1. The van der Waals surface area contributed by atoms with Gasteiger partial charge in [0.15, 0.2) is 0 Å². The minimum absolute atomic E-state index is 0.00988. The molecule has 110 valence electrons. The molecule has 2 rings (SSSR count). The molecule has 1 amide bonds. The average Bonchev–Trinajstić information content (AvgIpc) is 2.42. The van der Waals surface area contributed by atoms with Crippen LogP contribution in [0.3, 0.4) is 0 Å². The summed E-state index contributed by atoms with van der Waals surface area (Å²) < 4.78 is 0. The van der Waals surface area contributed by atoms with Gasteiger partial charge in [-0.1, -0.05) is 18.5 Å². The summed E-state index contributed by atoms with van der Waals surface area (Å²) in [7, 11) is 2.13. The van der Waals surface area contributed by atoms with Crippen molar-refractivity contribution in [2.24, 2.45) is 0 Å². The zero-order valence-corrected chi connectivity index (χ0v) is 12.8. The molecule has 1 aromatic rings. The molecule has 20 heavy (non-hydrogen) atoms. The smallest absolute Gasteiger partial charge is 0.224 e. The van der Waals surface area contributed by atoms with Gasteiger partial charge >= 0.3 is 0 Å². The van der Waals surface area contributed by atoms with Crippen LogP contribution >= 0.6 is 11.6 Å². The summed E-state index contributed by atoms with van der Waals surface area (Å²) in [5, 5.41) is 7.03. The topological polar surface area (TPSA) is 44.4 Å². The number of nitrogens with zero attached hydrogens (tertiary/aromatic N) is 1. The quantitative estimate of drug-likeness (QED) is 0.896. The van der Waals surface area contributed by atoms with Crippen molar-refractivity contribution in [1.29, 1.82) is 0 Å². The van der Waals surface area contributed by atoms with E-state index in [1.807, 2.05) is 25.1 Å². The highest BCUT2D eigenvalue weighted by molar-refractivity contribution is 6.33. The summed E-state index contributed by atoms with van der Waals surface area (Å²) >= 11 is 6.23. The number of hydrogen-bond acceptors (Lipinski definition) is 3. The second-order valence-corrected chi connectivity index (χ2v) is 5.75. The van der Waals surface area contributed by atoms with Gasteiger partial charge in [-0.2, -0.15) is 0 Å². The number of rotatable bonds is 4. The number of likely N-dealkylation sites (tertiary alicyclic amines) is 1. The summed E-state index contributed by atoms with van der Waals surface area (Å²) in [6.45, 7) is 4.00. The van der Waals surface area contributed by atoms with Gasteiger partial charge in [0.05, 0.1) is 10.7 Å². The summed E-state index contributed by atoms with van der Waals surface area (Å²) in [6, 6.07) is 5.96. The van der Waals surface area contributed by atoms with E-state index in [-0.39, 0.29) is 5.91 Å². The van der Waals surface area contributed by atoms with Gasteiger partial charge < -0.3 is 15.5 Å². The summed E-state index contributed by atoms with van der Waals surface area (Å²) in [5.41, 5.74) is 1.67. The summed E-state index contributed by atoms with van der Waals surface area (Å²) in [6.07, 6.45) is 2.81. The van der Waals surface area contributed by atoms with Gasteiger partial charge in [0, 0.05) is 24.7 Å². The van der Waals surface area contributed by atoms with Crippen LogP contribution in [0.4, 0.5) is 11.4 Å². The monoisotopic (exact) mass is 295 g/mol. The maximum atomic E-state index is 11.4. The Hall–Kier alpha value is -1.26. The first-order valence-corrected chi connectivity index (χ1v) is 7.50. The molecule has 4 nitrogen and oxygen atoms in total. The predicted octanol–water partition coefficient (Wildman–Crippen LogP) is 3.19. The van der Waals surface area contributed by atoms with Crippen molar-refractivity contribution < 1.29 is 4.79 Å². The molecule has 5 heteroatoms. The second kappa shape index (κ2) is 6.95. The van der Waals surface area contributed by atoms with Crippen molar-refractivity contribution in [3.63, 3.8) is 0 Å². The fourth-order valence-corrected chi connectivity index (χ4v) is 2.64. The molecule has 1 aromatic carbocycles. The Morgan fingerprint density at radius 3 is 3.00 bits per heavy atom. The normalized spacial score (nSPS) is 19.6. The Labute approximate surface area is 125 Å². The van der Waals surface area contributed by atoms with Crippen molar-refractivity contribution in [3.05, 3.63) is 23.2 Å². The van der Waals surface area contributed by atoms with E-state index < -0.39 is 0 Å². The highest BCUT2D eigenvalue weighted by Gasteiger charge is 2.17. The number of carbonyl (C=O) groups is 1. The Morgan fingerprint density at radius 2 is 2.30 bits per heavy atom. The van der Waals surface area contributed by atoms with Gasteiger partial charge in [-0.3, -0.25) is 4.79 Å². The van der Waals surface area contributed by atoms with Crippen molar-refractivity contribution >= 4 is 28.9 Å². The van der Waals surface area contributed by atoms with Crippen molar-refractivity contribution in [3.8, 4) is 0 Å². The Kier molecular flexibility index (Phi) is 5.26. The maximum absolute atomic E-state index is 11.4. The molecular weight excluding hydrogens is 274 g/mol. The molecule has 0 aliphatic carbocycles. The molecule has 1 saturated heterocycles. The highest BCUT2D eigenvalue weighted by Crippen LogP contribution is 2.27. The van der Waals surface area contributed by atoms with Crippen LogP contribution in [0.5, 0.6) is 0 Å².